The number of rotatable bonds is 8. The van der Waals surface area contributed by atoms with Crippen molar-refractivity contribution in [1.29, 1.82) is 0 Å². The molecule has 0 fully saturated rings. The number of aromatic nitrogens is 2. The molecule has 1 amide bonds. The van der Waals surface area contributed by atoms with E-state index >= 15 is 0 Å². The highest BCUT2D eigenvalue weighted by Gasteiger charge is 2.26. The third kappa shape index (κ3) is 4.50. The molecule has 1 heterocycles. The van der Waals surface area contributed by atoms with Gasteiger partial charge in [0.2, 0.25) is 10.0 Å². The fourth-order valence-corrected chi connectivity index (χ4v) is 4.64. The zero-order valence-electron chi connectivity index (χ0n) is 15.6. The van der Waals surface area contributed by atoms with Crippen LogP contribution in [-0.2, 0) is 16.6 Å². The maximum absolute atomic E-state index is 12.9. The average Bonchev–Trinajstić information content (AvgIpc) is 3.10. The molecule has 1 aromatic heterocycles. The van der Waals surface area contributed by atoms with Crippen LogP contribution in [-0.4, -0.2) is 53.2 Å². The van der Waals surface area contributed by atoms with Gasteiger partial charge in [-0.05, 0) is 18.2 Å². The zero-order valence-corrected chi connectivity index (χ0v) is 17.2. The van der Waals surface area contributed by atoms with Crippen LogP contribution < -0.4 is 0 Å². The second-order valence-corrected chi connectivity index (χ2v) is 8.24. The lowest BCUT2D eigenvalue weighted by Gasteiger charge is -2.21. The van der Waals surface area contributed by atoms with E-state index in [2.05, 4.69) is 4.98 Å². The first-order valence-corrected chi connectivity index (χ1v) is 10.3. The van der Waals surface area contributed by atoms with Crippen LogP contribution in [0.15, 0.2) is 35.5 Å². The van der Waals surface area contributed by atoms with Crippen LogP contribution >= 0.6 is 11.6 Å². The number of carbonyl (C=O) groups excluding carboxylic acids is 1. The molecule has 0 spiro atoms. The van der Waals surface area contributed by atoms with Gasteiger partial charge in [-0.15, -0.1) is 0 Å². The van der Waals surface area contributed by atoms with Gasteiger partial charge in [0, 0.05) is 38.1 Å². The van der Waals surface area contributed by atoms with Crippen molar-refractivity contribution in [3.63, 3.8) is 0 Å². The van der Waals surface area contributed by atoms with Crippen LogP contribution in [0.2, 0.25) is 5.02 Å². The molecule has 154 valence electrons. The summed E-state index contributed by atoms with van der Waals surface area (Å²) in [6.45, 7) is 0.956. The summed E-state index contributed by atoms with van der Waals surface area (Å²) < 4.78 is 53.3. The first-order valence-electron chi connectivity index (χ1n) is 8.48. The van der Waals surface area contributed by atoms with Gasteiger partial charge in [-0.1, -0.05) is 25.4 Å². The maximum Gasteiger partial charge on any atom is 0.319 e. The molecule has 2 rings (SSSR count). The Balaban J connectivity index is 2.32. The van der Waals surface area contributed by atoms with Crippen molar-refractivity contribution in [1.82, 2.24) is 18.8 Å². The van der Waals surface area contributed by atoms with Gasteiger partial charge in [-0.25, -0.2) is 13.4 Å². The Morgan fingerprint density at radius 1 is 1.29 bits per heavy atom. The number of halogens is 3. The molecule has 1 aromatic carbocycles. The second kappa shape index (κ2) is 8.97. The van der Waals surface area contributed by atoms with Gasteiger partial charge in [0.15, 0.2) is 0 Å². The van der Waals surface area contributed by atoms with Crippen LogP contribution in [0.4, 0.5) is 8.78 Å². The highest BCUT2D eigenvalue weighted by atomic mass is 35.5. The number of hydrogen-bond acceptors (Lipinski definition) is 4. The van der Waals surface area contributed by atoms with Gasteiger partial charge >= 0.3 is 6.55 Å². The summed E-state index contributed by atoms with van der Waals surface area (Å²) in [5.41, 5.74) is 0.0767. The third-order valence-electron chi connectivity index (χ3n) is 4.19. The van der Waals surface area contributed by atoms with Crippen LogP contribution in [0, 0.1) is 0 Å². The van der Waals surface area contributed by atoms with E-state index in [-0.39, 0.29) is 40.9 Å². The van der Waals surface area contributed by atoms with Gasteiger partial charge in [0.1, 0.15) is 10.7 Å². The van der Waals surface area contributed by atoms with Crippen molar-refractivity contribution in [2.24, 2.45) is 0 Å². The Kier molecular flexibility index (Phi) is 7.13. The van der Waals surface area contributed by atoms with Crippen LogP contribution in [0.1, 0.15) is 36.6 Å². The fraction of sp³-hybridized carbons (Fsp3) is 0.412. The SMILES string of the molecule is CCN(CC)S(=O)(=O)c1cc(C(=O)N(C)Cc2nccn2C(F)F)ccc1Cl. The Morgan fingerprint density at radius 2 is 1.93 bits per heavy atom. The molecule has 0 saturated carbocycles. The second-order valence-electron chi connectivity index (χ2n) is 5.92. The monoisotopic (exact) mass is 434 g/mol. The van der Waals surface area contributed by atoms with E-state index in [4.69, 9.17) is 11.6 Å². The molecule has 0 radical (unpaired) electrons. The number of benzene rings is 1. The van der Waals surface area contributed by atoms with E-state index in [1.54, 1.807) is 13.8 Å². The topological polar surface area (TPSA) is 75.5 Å². The quantitative estimate of drug-likeness (QED) is 0.639. The normalized spacial score (nSPS) is 12.0. The summed E-state index contributed by atoms with van der Waals surface area (Å²) >= 11 is 6.07. The predicted octanol–water partition coefficient (Wildman–Crippen LogP) is 3.23. The number of imidazole rings is 1. The van der Waals surface area contributed by atoms with Crippen molar-refractivity contribution in [3.8, 4) is 0 Å². The largest absolute Gasteiger partial charge is 0.334 e. The molecule has 0 bridgehead atoms. The highest BCUT2D eigenvalue weighted by molar-refractivity contribution is 7.89. The number of nitrogens with zero attached hydrogens (tertiary/aromatic N) is 4. The van der Waals surface area contributed by atoms with E-state index in [1.807, 2.05) is 0 Å². The molecule has 2 aromatic rings. The summed E-state index contributed by atoms with van der Waals surface area (Å²) in [4.78, 5) is 17.5. The van der Waals surface area contributed by atoms with E-state index in [1.165, 1.54) is 40.6 Å². The smallest absolute Gasteiger partial charge is 0.319 e. The minimum atomic E-state index is -3.87. The van der Waals surface area contributed by atoms with Crippen molar-refractivity contribution < 1.29 is 22.0 Å². The van der Waals surface area contributed by atoms with Gasteiger partial charge in [-0.3, -0.25) is 9.36 Å². The van der Waals surface area contributed by atoms with Crippen molar-refractivity contribution in [2.45, 2.75) is 31.8 Å². The molecule has 0 N–H and O–H groups in total. The summed E-state index contributed by atoms with van der Waals surface area (Å²) in [5, 5.41) is -0.000605. The van der Waals surface area contributed by atoms with Gasteiger partial charge in [0.25, 0.3) is 5.91 Å². The molecule has 0 saturated heterocycles. The summed E-state index contributed by atoms with van der Waals surface area (Å²) in [5.74, 6) is -0.535. The maximum atomic E-state index is 12.9. The lowest BCUT2D eigenvalue weighted by atomic mass is 10.2. The highest BCUT2D eigenvalue weighted by Crippen LogP contribution is 2.26. The number of amides is 1. The first kappa shape index (κ1) is 22.3. The van der Waals surface area contributed by atoms with Crippen molar-refractivity contribution in [2.75, 3.05) is 20.1 Å². The molecule has 0 unspecified atom stereocenters. The van der Waals surface area contributed by atoms with E-state index in [0.29, 0.717) is 4.57 Å². The minimum absolute atomic E-state index is 0.000605. The van der Waals surface area contributed by atoms with Gasteiger partial charge in [-0.2, -0.15) is 13.1 Å². The number of carbonyl (C=O) groups is 1. The molecular weight excluding hydrogens is 414 g/mol. The molecule has 28 heavy (non-hydrogen) atoms. The summed E-state index contributed by atoms with van der Waals surface area (Å²) in [7, 11) is -2.45. The summed E-state index contributed by atoms with van der Waals surface area (Å²) in [6, 6.07) is 3.93. The third-order valence-corrected chi connectivity index (χ3v) is 6.72. The van der Waals surface area contributed by atoms with Crippen LogP contribution in [0.3, 0.4) is 0 Å². The van der Waals surface area contributed by atoms with Gasteiger partial charge < -0.3 is 4.90 Å². The number of alkyl halides is 2. The van der Waals surface area contributed by atoms with Crippen molar-refractivity contribution >= 4 is 27.5 Å². The Bertz CT molecular complexity index is 946. The standard InChI is InChI=1S/C17H21ClF2N4O3S/c1-4-23(5-2)28(26,27)14-10-12(6-7-13(14)18)16(25)22(3)11-15-21-8-9-24(15)17(19)20/h6-10,17H,4-5,11H2,1-3H3. The summed E-state index contributed by atoms with van der Waals surface area (Å²) in [6.07, 6.45) is 2.34. The number of hydrogen-bond donors (Lipinski definition) is 0. The first-order chi connectivity index (χ1) is 13.1. The van der Waals surface area contributed by atoms with E-state index in [0.717, 1.165) is 6.20 Å². The molecule has 7 nitrogen and oxygen atoms in total. The van der Waals surface area contributed by atoms with Crippen LogP contribution in [0.5, 0.6) is 0 Å². The Hall–Kier alpha value is -2.04. The van der Waals surface area contributed by atoms with E-state index < -0.39 is 22.5 Å². The Labute approximate surface area is 167 Å². The van der Waals surface area contributed by atoms with Crippen molar-refractivity contribution in [3.05, 3.63) is 47.0 Å². The molecule has 0 aliphatic heterocycles. The predicted molar refractivity (Wildman–Crippen MR) is 101 cm³/mol. The minimum Gasteiger partial charge on any atom is -0.334 e. The molecule has 0 aliphatic rings. The molecule has 11 heteroatoms. The Morgan fingerprint density at radius 3 is 2.50 bits per heavy atom. The van der Waals surface area contributed by atoms with Crippen LogP contribution in [0.25, 0.3) is 0 Å². The van der Waals surface area contributed by atoms with E-state index in [9.17, 15) is 22.0 Å². The lowest BCUT2D eigenvalue weighted by Crippen LogP contribution is -2.31. The fourth-order valence-electron chi connectivity index (χ4n) is 2.69. The lowest BCUT2D eigenvalue weighted by molar-refractivity contribution is 0.0612. The molecule has 0 atom stereocenters. The zero-order chi connectivity index (χ0) is 21.1. The molecular formula is C17H21ClF2N4O3S. The number of sulfonamides is 1. The average molecular weight is 435 g/mol. The molecule has 0 aliphatic carbocycles. The van der Waals surface area contributed by atoms with Gasteiger partial charge in [0.05, 0.1) is 11.6 Å².